The summed E-state index contributed by atoms with van der Waals surface area (Å²) in [5, 5.41) is 6.07. The van der Waals surface area contributed by atoms with Crippen LogP contribution in [0, 0.1) is 0 Å². The molecule has 1 fully saturated rings. The van der Waals surface area contributed by atoms with Gasteiger partial charge in [0.1, 0.15) is 5.69 Å². The number of nitrogens with one attached hydrogen (secondary N) is 2. The van der Waals surface area contributed by atoms with Crippen LogP contribution in [0.2, 0.25) is 0 Å². The van der Waals surface area contributed by atoms with Crippen molar-refractivity contribution in [3.05, 3.63) is 18.0 Å². The number of aromatic nitrogens is 2. The zero-order chi connectivity index (χ0) is 19.2. The van der Waals surface area contributed by atoms with Gasteiger partial charge in [-0.3, -0.25) is 4.99 Å². The number of hydrogen-bond acceptors (Lipinski definition) is 5. The van der Waals surface area contributed by atoms with Gasteiger partial charge in [-0.15, -0.1) is 24.0 Å². The van der Waals surface area contributed by atoms with Crippen LogP contribution in [0.3, 0.4) is 0 Å². The van der Waals surface area contributed by atoms with Crippen LogP contribution in [0.1, 0.15) is 26.5 Å². The quantitative estimate of drug-likeness (QED) is 0.270. The number of anilines is 1. The first-order valence-corrected chi connectivity index (χ1v) is 9.51. The highest BCUT2D eigenvalue weighted by atomic mass is 127. The second-order valence-electron chi connectivity index (χ2n) is 6.46. The van der Waals surface area contributed by atoms with Crippen LogP contribution in [0.25, 0.3) is 0 Å². The molecule has 0 amide bonds. The molecule has 0 spiro atoms. The van der Waals surface area contributed by atoms with E-state index in [1.165, 1.54) is 0 Å². The Morgan fingerprint density at radius 3 is 2.78 bits per heavy atom. The minimum Gasteiger partial charge on any atom is -0.357 e. The molecule has 0 unspecified atom stereocenters. The Morgan fingerprint density at radius 1 is 1.41 bits per heavy atom. The number of aliphatic imine (C=N–C) groups is 1. The van der Waals surface area contributed by atoms with E-state index < -0.39 is 11.9 Å². The zero-order valence-corrected chi connectivity index (χ0v) is 18.8. The third-order valence-electron chi connectivity index (χ3n) is 3.66. The summed E-state index contributed by atoms with van der Waals surface area (Å²) in [6.45, 7) is 9.76. The fraction of sp³-hybridized carbons (Fsp3) is 0.688. The number of rotatable bonds is 5. The summed E-state index contributed by atoms with van der Waals surface area (Å²) in [4.78, 5) is 14.1. The first kappa shape index (κ1) is 24.1. The van der Waals surface area contributed by atoms with Crippen molar-refractivity contribution < 1.29 is 13.2 Å². The molecule has 11 heteroatoms. The largest absolute Gasteiger partial charge is 0.433 e. The lowest BCUT2D eigenvalue weighted by Crippen LogP contribution is -2.51. The molecule has 0 bridgehead atoms. The number of alkyl halides is 3. The van der Waals surface area contributed by atoms with Gasteiger partial charge in [-0.2, -0.15) is 24.9 Å². The molecule has 2 N–H and O–H groups in total. The molecule has 27 heavy (non-hydrogen) atoms. The Bertz CT molecular complexity index is 626. The Kier molecular flexibility index (Phi) is 9.39. The van der Waals surface area contributed by atoms with Gasteiger partial charge in [0.15, 0.2) is 5.96 Å². The smallest absolute Gasteiger partial charge is 0.357 e. The Balaban J connectivity index is 0.00000364. The van der Waals surface area contributed by atoms with Crippen molar-refractivity contribution >= 4 is 47.6 Å². The van der Waals surface area contributed by atoms with E-state index in [1.54, 1.807) is 0 Å². The van der Waals surface area contributed by atoms with Crippen molar-refractivity contribution in [2.45, 2.75) is 31.7 Å². The molecule has 154 valence electrons. The Morgan fingerprint density at radius 2 is 2.15 bits per heavy atom. The lowest BCUT2D eigenvalue weighted by molar-refractivity contribution is -0.141. The maximum atomic E-state index is 12.7. The Labute approximate surface area is 179 Å². The molecule has 2 heterocycles. The van der Waals surface area contributed by atoms with Crippen LogP contribution in [0.15, 0.2) is 17.3 Å². The van der Waals surface area contributed by atoms with Crippen molar-refractivity contribution in [3.8, 4) is 0 Å². The number of guanidine groups is 1. The van der Waals surface area contributed by atoms with Crippen LogP contribution >= 0.6 is 35.7 Å². The molecule has 1 aliphatic heterocycles. The molecule has 0 radical (unpaired) electrons. The summed E-state index contributed by atoms with van der Waals surface area (Å²) in [7, 11) is 0. The van der Waals surface area contributed by atoms with Crippen LogP contribution in [-0.2, 0) is 6.18 Å². The van der Waals surface area contributed by atoms with Gasteiger partial charge < -0.3 is 15.5 Å². The number of nitrogens with zero attached hydrogens (tertiary/aromatic N) is 4. The molecular weight excluding hydrogens is 492 g/mol. The summed E-state index contributed by atoms with van der Waals surface area (Å²) < 4.78 is 38.1. The summed E-state index contributed by atoms with van der Waals surface area (Å²) in [5.41, 5.74) is -0.958. The van der Waals surface area contributed by atoms with Gasteiger partial charge in [0.2, 0.25) is 5.95 Å². The fourth-order valence-electron chi connectivity index (χ4n) is 2.55. The van der Waals surface area contributed by atoms with E-state index >= 15 is 0 Å². The van der Waals surface area contributed by atoms with Crippen LogP contribution < -0.4 is 10.6 Å². The standard InChI is InChI=1S/C16H25F3N6S.HI/c1-4-20-14(25-9-10-26-15(2,3)11-25)23-8-7-22-13-21-6-5-12(24-13)16(17,18)19;/h5-6H,4,7-11H2,1-3H3,(H,20,23)(H,21,22,24);1H. The molecule has 1 aromatic heterocycles. The van der Waals surface area contributed by atoms with Crippen LogP contribution in [0.5, 0.6) is 0 Å². The second kappa shape index (κ2) is 10.5. The molecule has 1 saturated heterocycles. The summed E-state index contributed by atoms with van der Waals surface area (Å²) >= 11 is 1.94. The molecule has 1 aromatic rings. The predicted molar refractivity (Wildman–Crippen MR) is 115 cm³/mol. The number of hydrogen-bond donors (Lipinski definition) is 2. The lowest BCUT2D eigenvalue weighted by atomic mass is 10.2. The first-order chi connectivity index (χ1) is 12.2. The van der Waals surface area contributed by atoms with E-state index in [9.17, 15) is 13.2 Å². The third-order valence-corrected chi connectivity index (χ3v) is 4.96. The monoisotopic (exact) mass is 518 g/mol. The highest BCUT2D eigenvalue weighted by molar-refractivity contribution is 14.0. The van der Waals surface area contributed by atoms with Crippen molar-refractivity contribution in [3.63, 3.8) is 0 Å². The van der Waals surface area contributed by atoms with Gasteiger partial charge in [-0.1, -0.05) is 0 Å². The first-order valence-electron chi connectivity index (χ1n) is 8.52. The molecule has 0 atom stereocenters. The molecule has 0 saturated carbocycles. The normalized spacial score (nSPS) is 17.3. The Hall–Kier alpha value is -0.980. The minimum absolute atomic E-state index is 0. The number of halogens is 4. The highest BCUT2D eigenvalue weighted by Gasteiger charge is 2.32. The lowest BCUT2D eigenvalue weighted by Gasteiger charge is -2.39. The van der Waals surface area contributed by atoms with Crippen molar-refractivity contribution in [1.29, 1.82) is 0 Å². The van der Waals surface area contributed by atoms with Gasteiger partial charge in [-0.05, 0) is 26.8 Å². The average molecular weight is 518 g/mol. The average Bonchev–Trinajstić information content (AvgIpc) is 2.56. The van der Waals surface area contributed by atoms with E-state index in [0.29, 0.717) is 13.1 Å². The molecule has 0 aromatic carbocycles. The van der Waals surface area contributed by atoms with Gasteiger partial charge in [0, 0.05) is 42.9 Å². The van der Waals surface area contributed by atoms with E-state index in [1.807, 2.05) is 18.7 Å². The summed E-state index contributed by atoms with van der Waals surface area (Å²) in [5.74, 6) is 1.82. The summed E-state index contributed by atoms with van der Waals surface area (Å²) in [6, 6.07) is 0.850. The molecule has 1 aliphatic rings. The second-order valence-corrected chi connectivity index (χ2v) is 8.26. The van der Waals surface area contributed by atoms with Gasteiger partial charge >= 0.3 is 6.18 Å². The van der Waals surface area contributed by atoms with Crippen molar-refractivity contribution in [2.24, 2.45) is 4.99 Å². The minimum atomic E-state index is -4.48. The predicted octanol–water partition coefficient (Wildman–Crippen LogP) is 3.32. The molecule has 6 nitrogen and oxygen atoms in total. The van der Waals surface area contributed by atoms with E-state index in [-0.39, 0.29) is 34.7 Å². The topological polar surface area (TPSA) is 65.4 Å². The maximum absolute atomic E-state index is 12.7. The van der Waals surface area contributed by atoms with E-state index in [4.69, 9.17) is 0 Å². The number of thioether (sulfide) groups is 1. The molecular formula is C16H26F3IN6S. The van der Waals surface area contributed by atoms with Crippen molar-refractivity contribution in [2.75, 3.05) is 43.8 Å². The van der Waals surface area contributed by atoms with Gasteiger partial charge in [-0.25, -0.2) is 9.97 Å². The van der Waals surface area contributed by atoms with Gasteiger partial charge in [0.25, 0.3) is 0 Å². The van der Waals surface area contributed by atoms with Gasteiger partial charge in [0.05, 0.1) is 6.54 Å². The highest BCUT2D eigenvalue weighted by Crippen LogP contribution is 2.29. The zero-order valence-electron chi connectivity index (χ0n) is 15.6. The molecule has 2 rings (SSSR count). The molecule has 0 aliphatic carbocycles. The van der Waals surface area contributed by atoms with Crippen LogP contribution in [0.4, 0.5) is 19.1 Å². The van der Waals surface area contributed by atoms with E-state index in [0.717, 1.165) is 43.6 Å². The SMILES string of the molecule is CCNC(=NCCNc1nccc(C(F)(F)F)n1)N1CCSC(C)(C)C1.I. The van der Waals surface area contributed by atoms with Crippen molar-refractivity contribution in [1.82, 2.24) is 20.2 Å². The fourth-order valence-corrected chi connectivity index (χ4v) is 3.67. The van der Waals surface area contributed by atoms with Crippen LogP contribution in [-0.4, -0.2) is 64.1 Å². The summed E-state index contributed by atoms with van der Waals surface area (Å²) in [6.07, 6.45) is -3.38. The maximum Gasteiger partial charge on any atom is 0.433 e. The van der Waals surface area contributed by atoms with E-state index in [2.05, 4.69) is 44.3 Å². The third kappa shape index (κ3) is 7.88.